The standard InChI is InChI=1S/C17H20N4OS/c1-11(2)19-17-20-14-7-8-23-15(14)16(21-17)18-10-12-5-4-6-13(9-12)22-3/h4-9,11H,10H2,1-3H3,(H2,18,19,20,21). The minimum atomic E-state index is 0.289. The van der Waals surface area contributed by atoms with Crippen LogP contribution >= 0.6 is 11.3 Å². The number of rotatable bonds is 6. The van der Waals surface area contributed by atoms with Gasteiger partial charge in [0.15, 0.2) is 0 Å². The van der Waals surface area contributed by atoms with Gasteiger partial charge in [0.2, 0.25) is 5.95 Å². The summed E-state index contributed by atoms with van der Waals surface area (Å²) in [5.41, 5.74) is 2.10. The summed E-state index contributed by atoms with van der Waals surface area (Å²) in [5, 5.41) is 8.72. The van der Waals surface area contributed by atoms with Crippen molar-refractivity contribution >= 4 is 33.3 Å². The van der Waals surface area contributed by atoms with Gasteiger partial charge in [-0.3, -0.25) is 0 Å². The SMILES string of the molecule is COc1cccc(CNc2nc(NC(C)C)nc3ccsc23)c1. The molecule has 1 aromatic carbocycles. The van der Waals surface area contributed by atoms with E-state index in [1.165, 1.54) is 0 Å². The molecule has 0 aliphatic rings. The highest BCUT2D eigenvalue weighted by Crippen LogP contribution is 2.28. The number of aromatic nitrogens is 2. The summed E-state index contributed by atoms with van der Waals surface area (Å²) in [6.45, 7) is 4.83. The maximum atomic E-state index is 5.27. The highest BCUT2D eigenvalue weighted by atomic mass is 32.1. The zero-order valence-corrected chi connectivity index (χ0v) is 14.3. The van der Waals surface area contributed by atoms with Gasteiger partial charge in [-0.25, -0.2) is 4.98 Å². The third kappa shape index (κ3) is 3.71. The van der Waals surface area contributed by atoms with Gasteiger partial charge >= 0.3 is 0 Å². The summed E-state index contributed by atoms with van der Waals surface area (Å²) in [7, 11) is 1.68. The van der Waals surface area contributed by atoms with E-state index in [9.17, 15) is 0 Å². The maximum Gasteiger partial charge on any atom is 0.225 e. The molecule has 0 spiro atoms. The number of fused-ring (bicyclic) bond motifs is 1. The van der Waals surface area contributed by atoms with Crippen LogP contribution in [0.4, 0.5) is 11.8 Å². The maximum absolute atomic E-state index is 5.27. The largest absolute Gasteiger partial charge is 0.497 e. The van der Waals surface area contributed by atoms with Gasteiger partial charge < -0.3 is 15.4 Å². The Morgan fingerprint density at radius 1 is 1.22 bits per heavy atom. The van der Waals surface area contributed by atoms with Crippen LogP contribution in [0.5, 0.6) is 5.75 Å². The molecule has 0 aliphatic heterocycles. The van der Waals surface area contributed by atoms with E-state index in [1.54, 1.807) is 18.4 Å². The number of benzene rings is 1. The van der Waals surface area contributed by atoms with E-state index in [-0.39, 0.29) is 6.04 Å². The highest BCUT2D eigenvalue weighted by molar-refractivity contribution is 7.17. The first kappa shape index (κ1) is 15.6. The summed E-state index contributed by atoms with van der Waals surface area (Å²) in [6, 6.07) is 10.3. The topological polar surface area (TPSA) is 59.1 Å². The van der Waals surface area contributed by atoms with E-state index in [1.807, 2.05) is 29.6 Å². The second-order valence-electron chi connectivity index (χ2n) is 5.53. The van der Waals surface area contributed by atoms with Crippen molar-refractivity contribution in [1.29, 1.82) is 0 Å². The Bertz CT molecular complexity index is 800. The lowest BCUT2D eigenvalue weighted by Crippen LogP contribution is -2.13. The molecular formula is C17H20N4OS. The molecule has 5 nitrogen and oxygen atoms in total. The van der Waals surface area contributed by atoms with Crippen LogP contribution in [0.15, 0.2) is 35.7 Å². The number of anilines is 2. The molecule has 0 bridgehead atoms. The second kappa shape index (κ2) is 6.83. The molecule has 0 saturated carbocycles. The molecule has 120 valence electrons. The van der Waals surface area contributed by atoms with Crippen molar-refractivity contribution < 1.29 is 4.74 Å². The van der Waals surface area contributed by atoms with Crippen molar-refractivity contribution in [2.45, 2.75) is 26.4 Å². The zero-order chi connectivity index (χ0) is 16.2. The van der Waals surface area contributed by atoms with E-state index >= 15 is 0 Å². The molecule has 0 aliphatic carbocycles. The Kier molecular flexibility index (Phi) is 4.62. The fourth-order valence-corrected chi connectivity index (χ4v) is 3.07. The van der Waals surface area contributed by atoms with Crippen LogP contribution in [0.1, 0.15) is 19.4 Å². The third-order valence-corrected chi connectivity index (χ3v) is 4.23. The number of hydrogen-bond acceptors (Lipinski definition) is 6. The van der Waals surface area contributed by atoms with Crippen LogP contribution < -0.4 is 15.4 Å². The van der Waals surface area contributed by atoms with E-state index in [2.05, 4.69) is 40.5 Å². The van der Waals surface area contributed by atoms with Gasteiger partial charge in [0.05, 0.1) is 17.3 Å². The summed E-state index contributed by atoms with van der Waals surface area (Å²) in [6.07, 6.45) is 0. The predicted molar refractivity (Wildman–Crippen MR) is 96.5 cm³/mol. The molecule has 3 rings (SSSR count). The molecule has 0 radical (unpaired) electrons. The van der Waals surface area contributed by atoms with Crippen LogP contribution in [0.25, 0.3) is 10.2 Å². The van der Waals surface area contributed by atoms with Crippen LogP contribution in [0, 0.1) is 0 Å². The summed E-state index contributed by atoms with van der Waals surface area (Å²) in [4.78, 5) is 9.16. The predicted octanol–water partition coefficient (Wildman–Crippen LogP) is 4.13. The van der Waals surface area contributed by atoms with Gasteiger partial charge in [-0.2, -0.15) is 4.98 Å². The highest BCUT2D eigenvalue weighted by Gasteiger charge is 2.10. The lowest BCUT2D eigenvalue weighted by molar-refractivity contribution is 0.414. The van der Waals surface area contributed by atoms with Crippen molar-refractivity contribution in [3.63, 3.8) is 0 Å². The summed E-state index contributed by atoms with van der Waals surface area (Å²) < 4.78 is 6.34. The van der Waals surface area contributed by atoms with Crippen LogP contribution in [0.3, 0.4) is 0 Å². The number of ether oxygens (including phenoxy) is 1. The Labute approximate surface area is 139 Å². The molecular weight excluding hydrogens is 308 g/mol. The van der Waals surface area contributed by atoms with Crippen molar-refractivity contribution in [3.05, 3.63) is 41.3 Å². The van der Waals surface area contributed by atoms with Crippen LogP contribution in [-0.4, -0.2) is 23.1 Å². The molecule has 3 aromatic rings. The number of hydrogen-bond donors (Lipinski definition) is 2. The molecule has 0 fully saturated rings. The van der Waals surface area contributed by atoms with Gasteiger partial charge in [-0.1, -0.05) is 12.1 Å². The number of methoxy groups -OCH3 is 1. The van der Waals surface area contributed by atoms with Crippen LogP contribution in [0.2, 0.25) is 0 Å². The summed E-state index contributed by atoms with van der Waals surface area (Å²) in [5.74, 6) is 2.37. The van der Waals surface area contributed by atoms with Crippen LogP contribution in [-0.2, 0) is 6.54 Å². The van der Waals surface area contributed by atoms with E-state index in [4.69, 9.17) is 4.74 Å². The Morgan fingerprint density at radius 3 is 2.87 bits per heavy atom. The fourth-order valence-electron chi connectivity index (χ4n) is 2.27. The molecule has 23 heavy (non-hydrogen) atoms. The Morgan fingerprint density at radius 2 is 2.09 bits per heavy atom. The number of nitrogens with one attached hydrogen (secondary N) is 2. The van der Waals surface area contributed by atoms with E-state index in [0.717, 1.165) is 27.3 Å². The molecule has 0 amide bonds. The average molecular weight is 328 g/mol. The first-order valence-corrected chi connectivity index (χ1v) is 8.42. The lowest BCUT2D eigenvalue weighted by atomic mass is 10.2. The molecule has 2 heterocycles. The molecule has 0 unspecified atom stereocenters. The normalized spacial score (nSPS) is 11.0. The number of thiophene rings is 1. The number of nitrogens with zero attached hydrogens (tertiary/aromatic N) is 2. The van der Waals surface area contributed by atoms with Gasteiger partial charge in [-0.15, -0.1) is 11.3 Å². The first-order valence-electron chi connectivity index (χ1n) is 7.54. The molecule has 6 heteroatoms. The molecule has 0 saturated heterocycles. The molecule has 2 aromatic heterocycles. The van der Waals surface area contributed by atoms with Gasteiger partial charge in [0, 0.05) is 12.6 Å². The quantitative estimate of drug-likeness (QED) is 0.712. The fraction of sp³-hybridized carbons (Fsp3) is 0.294. The van der Waals surface area contributed by atoms with Crippen molar-refractivity contribution in [2.24, 2.45) is 0 Å². The summed E-state index contributed by atoms with van der Waals surface area (Å²) >= 11 is 1.64. The monoisotopic (exact) mass is 328 g/mol. The van der Waals surface area contributed by atoms with E-state index in [0.29, 0.717) is 12.5 Å². The third-order valence-electron chi connectivity index (χ3n) is 3.32. The zero-order valence-electron chi connectivity index (χ0n) is 13.5. The lowest BCUT2D eigenvalue weighted by Gasteiger charge is -2.12. The molecule has 2 N–H and O–H groups in total. The minimum absolute atomic E-state index is 0.289. The van der Waals surface area contributed by atoms with Crippen molar-refractivity contribution in [2.75, 3.05) is 17.7 Å². The Balaban J connectivity index is 1.84. The molecule has 0 atom stereocenters. The smallest absolute Gasteiger partial charge is 0.225 e. The second-order valence-corrected chi connectivity index (χ2v) is 6.45. The van der Waals surface area contributed by atoms with Gasteiger partial charge in [0.1, 0.15) is 11.6 Å². The van der Waals surface area contributed by atoms with Gasteiger partial charge in [-0.05, 0) is 43.0 Å². The minimum Gasteiger partial charge on any atom is -0.497 e. The first-order chi connectivity index (χ1) is 11.2. The van der Waals surface area contributed by atoms with Crippen molar-refractivity contribution in [1.82, 2.24) is 9.97 Å². The Hall–Kier alpha value is -2.34. The van der Waals surface area contributed by atoms with E-state index < -0.39 is 0 Å². The average Bonchev–Trinajstić information content (AvgIpc) is 3.00. The van der Waals surface area contributed by atoms with Crippen molar-refractivity contribution in [3.8, 4) is 5.75 Å². The van der Waals surface area contributed by atoms with Gasteiger partial charge in [0.25, 0.3) is 0 Å².